The molecule has 2 heterocycles. The number of allylic oxidation sites excluding steroid dienone is 1. The van der Waals surface area contributed by atoms with Crippen molar-refractivity contribution in [1.82, 2.24) is 10.3 Å². The van der Waals surface area contributed by atoms with E-state index in [1.54, 1.807) is 6.20 Å². The van der Waals surface area contributed by atoms with E-state index in [9.17, 15) is 0 Å². The van der Waals surface area contributed by atoms with Crippen molar-refractivity contribution in [1.29, 1.82) is 0 Å². The summed E-state index contributed by atoms with van der Waals surface area (Å²) in [7, 11) is 0. The zero-order valence-corrected chi connectivity index (χ0v) is 12.0. The molecule has 21 heavy (non-hydrogen) atoms. The van der Waals surface area contributed by atoms with Crippen LogP contribution in [0.5, 0.6) is 11.5 Å². The van der Waals surface area contributed by atoms with Gasteiger partial charge in [-0.2, -0.15) is 0 Å². The summed E-state index contributed by atoms with van der Waals surface area (Å²) in [5.74, 6) is 2.38. The topological polar surface area (TPSA) is 34.1 Å². The second kappa shape index (κ2) is 7.04. The SMILES string of the molecule is C(=Cc1cncc(Oc2ccccc2)c1)CC1CCNC1. The predicted octanol–water partition coefficient (Wildman–Crippen LogP) is 3.89. The maximum absolute atomic E-state index is 5.79. The van der Waals surface area contributed by atoms with E-state index in [1.807, 2.05) is 42.6 Å². The first-order valence-corrected chi connectivity index (χ1v) is 7.45. The van der Waals surface area contributed by atoms with Crippen LogP contribution in [0.1, 0.15) is 18.4 Å². The number of aromatic nitrogens is 1. The van der Waals surface area contributed by atoms with Crippen LogP contribution < -0.4 is 10.1 Å². The summed E-state index contributed by atoms with van der Waals surface area (Å²) in [5.41, 5.74) is 1.08. The van der Waals surface area contributed by atoms with Crippen molar-refractivity contribution in [3.63, 3.8) is 0 Å². The van der Waals surface area contributed by atoms with Gasteiger partial charge in [-0.1, -0.05) is 30.4 Å². The normalized spacial score (nSPS) is 18.2. The largest absolute Gasteiger partial charge is 0.456 e. The Labute approximate surface area is 125 Å². The fourth-order valence-electron chi connectivity index (χ4n) is 2.52. The predicted molar refractivity (Wildman–Crippen MR) is 85.4 cm³/mol. The molecule has 108 valence electrons. The molecule has 3 nitrogen and oxygen atoms in total. The molecule has 0 saturated carbocycles. The number of hydrogen-bond donors (Lipinski definition) is 1. The van der Waals surface area contributed by atoms with E-state index in [-0.39, 0.29) is 0 Å². The molecule has 3 heteroatoms. The van der Waals surface area contributed by atoms with Gasteiger partial charge in [0, 0.05) is 6.20 Å². The number of ether oxygens (including phenoxy) is 1. The highest BCUT2D eigenvalue weighted by Gasteiger charge is 2.11. The van der Waals surface area contributed by atoms with Gasteiger partial charge < -0.3 is 10.1 Å². The molecule has 1 N–H and O–H groups in total. The highest BCUT2D eigenvalue weighted by Crippen LogP contribution is 2.21. The molecule has 0 amide bonds. The average Bonchev–Trinajstić information content (AvgIpc) is 3.02. The van der Waals surface area contributed by atoms with Gasteiger partial charge >= 0.3 is 0 Å². The Bertz CT molecular complexity index is 589. The molecule has 1 saturated heterocycles. The van der Waals surface area contributed by atoms with E-state index in [1.165, 1.54) is 6.42 Å². The monoisotopic (exact) mass is 280 g/mol. The molecular formula is C18H20N2O. The van der Waals surface area contributed by atoms with Gasteiger partial charge in [0.2, 0.25) is 0 Å². The summed E-state index contributed by atoms with van der Waals surface area (Å²) in [6.45, 7) is 2.29. The van der Waals surface area contributed by atoms with Crippen LogP contribution in [-0.4, -0.2) is 18.1 Å². The third-order valence-corrected chi connectivity index (χ3v) is 3.66. The molecule has 1 aliphatic rings. The van der Waals surface area contributed by atoms with Crippen molar-refractivity contribution >= 4 is 6.08 Å². The van der Waals surface area contributed by atoms with Gasteiger partial charge in [-0.05, 0) is 55.6 Å². The lowest BCUT2D eigenvalue weighted by molar-refractivity contribution is 0.480. The van der Waals surface area contributed by atoms with E-state index in [4.69, 9.17) is 4.74 Å². The second-order valence-electron chi connectivity index (χ2n) is 5.37. The summed E-state index contributed by atoms with van der Waals surface area (Å²) in [6, 6.07) is 11.8. The van der Waals surface area contributed by atoms with Gasteiger partial charge in [-0.15, -0.1) is 0 Å². The molecule has 1 aliphatic heterocycles. The molecule has 3 rings (SSSR count). The molecule has 1 fully saturated rings. The summed E-state index contributed by atoms with van der Waals surface area (Å²) >= 11 is 0. The Balaban J connectivity index is 1.61. The number of pyridine rings is 1. The lowest BCUT2D eigenvalue weighted by Gasteiger charge is -2.06. The number of rotatable bonds is 5. The molecule has 0 radical (unpaired) electrons. The highest BCUT2D eigenvalue weighted by atomic mass is 16.5. The van der Waals surface area contributed by atoms with E-state index >= 15 is 0 Å². The van der Waals surface area contributed by atoms with Crippen LogP contribution in [0, 0.1) is 5.92 Å². The van der Waals surface area contributed by atoms with E-state index in [0.29, 0.717) is 0 Å². The number of benzene rings is 1. The Morgan fingerprint density at radius 1 is 1.19 bits per heavy atom. The van der Waals surface area contributed by atoms with Crippen molar-refractivity contribution in [3.8, 4) is 11.5 Å². The maximum Gasteiger partial charge on any atom is 0.146 e. The third kappa shape index (κ3) is 4.17. The Morgan fingerprint density at radius 2 is 2.10 bits per heavy atom. The van der Waals surface area contributed by atoms with Crippen molar-refractivity contribution < 1.29 is 4.74 Å². The zero-order chi connectivity index (χ0) is 14.3. The average molecular weight is 280 g/mol. The van der Waals surface area contributed by atoms with Gasteiger partial charge in [-0.25, -0.2) is 0 Å². The Morgan fingerprint density at radius 3 is 2.90 bits per heavy atom. The molecule has 1 aromatic heterocycles. The maximum atomic E-state index is 5.79. The van der Waals surface area contributed by atoms with E-state index in [0.717, 1.165) is 42.5 Å². The second-order valence-corrected chi connectivity index (χ2v) is 5.37. The molecule has 0 bridgehead atoms. The standard InChI is InChI=1S/C18H20N2O/c1-2-7-17(8-3-1)21-18-11-16(13-20-14-18)6-4-5-15-9-10-19-12-15/h1-4,6-8,11,13-15,19H,5,9-10,12H2. The first-order valence-electron chi connectivity index (χ1n) is 7.45. The molecule has 1 unspecified atom stereocenters. The number of hydrogen-bond acceptors (Lipinski definition) is 3. The molecule has 1 atom stereocenters. The lowest BCUT2D eigenvalue weighted by Crippen LogP contribution is -2.08. The van der Waals surface area contributed by atoms with Gasteiger partial charge in [0.05, 0.1) is 6.20 Å². The van der Waals surface area contributed by atoms with Gasteiger partial charge in [0.25, 0.3) is 0 Å². The van der Waals surface area contributed by atoms with E-state index in [2.05, 4.69) is 22.5 Å². The van der Waals surface area contributed by atoms with Gasteiger partial charge in [0.1, 0.15) is 11.5 Å². The van der Waals surface area contributed by atoms with Gasteiger partial charge in [0.15, 0.2) is 0 Å². The van der Waals surface area contributed by atoms with Crippen molar-refractivity contribution in [2.45, 2.75) is 12.8 Å². The molecule has 2 aromatic rings. The number of nitrogens with zero attached hydrogens (tertiary/aromatic N) is 1. The summed E-state index contributed by atoms with van der Waals surface area (Å²) in [6.07, 6.45) is 10.4. The molecular weight excluding hydrogens is 260 g/mol. The Hall–Kier alpha value is -2.13. The minimum atomic E-state index is 0.769. The number of nitrogens with one attached hydrogen (secondary N) is 1. The van der Waals surface area contributed by atoms with Gasteiger partial charge in [-0.3, -0.25) is 4.98 Å². The highest BCUT2D eigenvalue weighted by molar-refractivity contribution is 5.50. The first kappa shape index (κ1) is 13.8. The smallest absolute Gasteiger partial charge is 0.146 e. The third-order valence-electron chi connectivity index (χ3n) is 3.66. The minimum absolute atomic E-state index is 0.769. The molecule has 0 aliphatic carbocycles. The van der Waals surface area contributed by atoms with Crippen LogP contribution in [0.25, 0.3) is 6.08 Å². The summed E-state index contributed by atoms with van der Waals surface area (Å²) in [4.78, 5) is 4.24. The lowest BCUT2D eigenvalue weighted by atomic mass is 10.0. The van der Waals surface area contributed by atoms with Crippen molar-refractivity contribution in [3.05, 3.63) is 60.4 Å². The van der Waals surface area contributed by atoms with E-state index < -0.39 is 0 Å². The van der Waals surface area contributed by atoms with Crippen LogP contribution >= 0.6 is 0 Å². The van der Waals surface area contributed by atoms with Crippen molar-refractivity contribution in [2.24, 2.45) is 5.92 Å². The first-order chi connectivity index (χ1) is 10.4. The van der Waals surface area contributed by atoms with Crippen molar-refractivity contribution in [2.75, 3.05) is 13.1 Å². The van der Waals surface area contributed by atoms with Crippen LogP contribution in [0.4, 0.5) is 0 Å². The van der Waals surface area contributed by atoms with Crippen LogP contribution in [0.2, 0.25) is 0 Å². The fourth-order valence-corrected chi connectivity index (χ4v) is 2.52. The van der Waals surface area contributed by atoms with Crippen LogP contribution in [0.3, 0.4) is 0 Å². The van der Waals surface area contributed by atoms with Crippen LogP contribution in [0.15, 0.2) is 54.9 Å². The Kier molecular flexibility index (Phi) is 4.64. The van der Waals surface area contributed by atoms with Crippen LogP contribution in [-0.2, 0) is 0 Å². The zero-order valence-electron chi connectivity index (χ0n) is 12.0. The quantitative estimate of drug-likeness (QED) is 0.902. The molecule has 0 spiro atoms. The number of para-hydroxylation sites is 1. The summed E-state index contributed by atoms with van der Waals surface area (Å²) < 4.78 is 5.79. The summed E-state index contributed by atoms with van der Waals surface area (Å²) in [5, 5.41) is 3.39. The minimum Gasteiger partial charge on any atom is -0.456 e. The fraction of sp³-hybridized carbons (Fsp3) is 0.278. The molecule has 1 aromatic carbocycles.